The first-order valence-corrected chi connectivity index (χ1v) is 12.4. The van der Waals surface area contributed by atoms with Gasteiger partial charge in [-0.15, -0.1) is 0 Å². The van der Waals surface area contributed by atoms with E-state index >= 15 is 0 Å². The van der Waals surface area contributed by atoms with E-state index in [9.17, 15) is 9.90 Å². The Hall–Kier alpha value is -3.22. The van der Waals surface area contributed by atoms with Crippen molar-refractivity contribution in [2.45, 2.75) is 18.3 Å². The highest BCUT2D eigenvalue weighted by Gasteiger charge is 2.46. The molecular formula is C29H23O2P. The predicted octanol–water partition coefficient (Wildman–Crippen LogP) is 5.13. The predicted molar refractivity (Wildman–Crippen MR) is 131 cm³/mol. The zero-order valence-electron chi connectivity index (χ0n) is 17.6. The topological polar surface area (TPSA) is 37.3 Å². The first-order valence-electron chi connectivity index (χ1n) is 11.1. The maximum absolute atomic E-state index is 12.2. The largest absolute Gasteiger partial charge is 0.481 e. The first kappa shape index (κ1) is 19.5. The average molecular weight is 434 g/mol. The van der Waals surface area contributed by atoms with Crippen LogP contribution in [0.5, 0.6) is 0 Å². The van der Waals surface area contributed by atoms with Gasteiger partial charge in [0.25, 0.3) is 0 Å². The molecule has 3 heteroatoms. The Bertz CT molecular complexity index is 1260. The van der Waals surface area contributed by atoms with Crippen molar-refractivity contribution in [2.75, 3.05) is 0 Å². The van der Waals surface area contributed by atoms with E-state index in [4.69, 9.17) is 0 Å². The van der Waals surface area contributed by atoms with Crippen LogP contribution in [0.1, 0.15) is 40.5 Å². The number of aliphatic carboxylic acids is 1. The van der Waals surface area contributed by atoms with Gasteiger partial charge in [0.1, 0.15) is 0 Å². The summed E-state index contributed by atoms with van der Waals surface area (Å²) in [5.74, 6) is -0.954. The van der Waals surface area contributed by atoms with Crippen molar-refractivity contribution in [3.05, 3.63) is 125 Å². The summed E-state index contributed by atoms with van der Waals surface area (Å²) in [4.78, 5) is 12.2. The van der Waals surface area contributed by atoms with Gasteiger partial charge in [0.05, 0.1) is 5.92 Å². The SMILES string of the molecule is O=C(O)C1CC2c3ccccc3C1c1cc(P(c3ccccc3)c3ccccc3)ccc12. The lowest BCUT2D eigenvalue weighted by Crippen LogP contribution is -2.37. The van der Waals surface area contributed by atoms with Crippen LogP contribution in [0.25, 0.3) is 0 Å². The van der Waals surface area contributed by atoms with Crippen molar-refractivity contribution in [3.8, 4) is 0 Å². The number of rotatable bonds is 4. The summed E-state index contributed by atoms with van der Waals surface area (Å²) in [5.41, 5.74) is 5.03. The van der Waals surface area contributed by atoms with E-state index in [0.717, 1.165) is 0 Å². The summed E-state index contributed by atoms with van der Waals surface area (Å²) in [7, 11) is -0.715. The molecule has 0 amide bonds. The maximum Gasteiger partial charge on any atom is 0.307 e. The molecule has 7 rings (SSSR count). The Balaban J connectivity index is 1.54. The second kappa shape index (κ2) is 7.73. The molecule has 0 saturated carbocycles. The maximum atomic E-state index is 12.2. The summed E-state index contributed by atoms with van der Waals surface area (Å²) in [6, 6.07) is 36.7. The second-order valence-electron chi connectivity index (χ2n) is 8.66. The quantitative estimate of drug-likeness (QED) is 0.453. The number of fused-ring (bicyclic) bond motifs is 1. The van der Waals surface area contributed by atoms with Crippen molar-refractivity contribution in [3.63, 3.8) is 0 Å². The fourth-order valence-electron chi connectivity index (χ4n) is 5.66. The molecule has 3 atom stereocenters. The Kier molecular flexibility index (Phi) is 4.70. The Labute approximate surface area is 189 Å². The van der Waals surface area contributed by atoms with Crippen LogP contribution >= 0.6 is 7.92 Å². The van der Waals surface area contributed by atoms with Gasteiger partial charge in [-0.2, -0.15) is 0 Å². The Morgan fingerprint density at radius 2 is 1.22 bits per heavy atom. The molecule has 2 bridgehead atoms. The molecule has 0 fully saturated rings. The standard InChI is InChI=1S/C29H23O2P/c30-29(31)27-18-25-22-13-7-8-14-24(22)28(27)26-17-21(15-16-23(25)26)32(19-9-3-1-4-10-19)20-11-5-2-6-12-20/h1-17,25,27-28H,18H2,(H,30,31). The third-order valence-corrected chi connectivity index (χ3v) is 9.41. The third kappa shape index (κ3) is 3.02. The fourth-order valence-corrected chi connectivity index (χ4v) is 7.98. The summed E-state index contributed by atoms with van der Waals surface area (Å²) in [5, 5.41) is 14.0. The molecule has 3 unspecified atom stereocenters. The van der Waals surface area contributed by atoms with Crippen molar-refractivity contribution in [2.24, 2.45) is 5.92 Å². The van der Waals surface area contributed by atoms with Crippen LogP contribution in [0, 0.1) is 5.92 Å². The van der Waals surface area contributed by atoms with Crippen LogP contribution in [0.3, 0.4) is 0 Å². The van der Waals surface area contributed by atoms with Gasteiger partial charge in [-0.3, -0.25) is 4.79 Å². The molecule has 0 spiro atoms. The number of hydrogen-bond acceptors (Lipinski definition) is 1. The molecule has 0 saturated heterocycles. The highest BCUT2D eigenvalue weighted by molar-refractivity contribution is 7.79. The van der Waals surface area contributed by atoms with Crippen LogP contribution in [0.4, 0.5) is 0 Å². The van der Waals surface area contributed by atoms with Crippen molar-refractivity contribution in [1.29, 1.82) is 0 Å². The van der Waals surface area contributed by atoms with E-state index < -0.39 is 13.9 Å². The lowest BCUT2D eigenvalue weighted by atomic mass is 9.59. The number of hydrogen-bond donors (Lipinski definition) is 1. The van der Waals surface area contributed by atoms with E-state index in [1.54, 1.807) is 0 Å². The summed E-state index contributed by atoms with van der Waals surface area (Å²) in [6.45, 7) is 0. The van der Waals surface area contributed by atoms with E-state index in [1.807, 2.05) is 6.07 Å². The van der Waals surface area contributed by atoms with E-state index in [-0.39, 0.29) is 17.8 Å². The number of benzene rings is 4. The molecule has 0 heterocycles. The van der Waals surface area contributed by atoms with Gasteiger partial charge in [0, 0.05) is 11.8 Å². The van der Waals surface area contributed by atoms with Crippen LogP contribution in [0.2, 0.25) is 0 Å². The molecule has 0 aromatic heterocycles. The molecule has 4 aromatic rings. The highest BCUT2D eigenvalue weighted by Crippen LogP contribution is 2.55. The van der Waals surface area contributed by atoms with Crippen molar-refractivity contribution < 1.29 is 9.90 Å². The third-order valence-electron chi connectivity index (χ3n) is 6.98. The van der Waals surface area contributed by atoms with Gasteiger partial charge in [-0.05, 0) is 58.6 Å². The normalized spacial score (nSPS) is 20.6. The van der Waals surface area contributed by atoms with Crippen LogP contribution in [0.15, 0.2) is 103 Å². The summed E-state index contributed by atoms with van der Waals surface area (Å²) in [6.07, 6.45) is 0.690. The van der Waals surface area contributed by atoms with Gasteiger partial charge < -0.3 is 5.11 Å². The van der Waals surface area contributed by atoms with Crippen LogP contribution in [-0.4, -0.2) is 11.1 Å². The number of carboxylic acid groups (broad SMARTS) is 1. The van der Waals surface area contributed by atoms with E-state index in [1.165, 1.54) is 38.2 Å². The molecule has 3 aliphatic rings. The van der Waals surface area contributed by atoms with Gasteiger partial charge in [0.15, 0.2) is 0 Å². The smallest absolute Gasteiger partial charge is 0.307 e. The minimum Gasteiger partial charge on any atom is -0.481 e. The van der Waals surface area contributed by atoms with Crippen LogP contribution < -0.4 is 15.9 Å². The second-order valence-corrected chi connectivity index (χ2v) is 10.9. The van der Waals surface area contributed by atoms with Gasteiger partial charge in [-0.25, -0.2) is 0 Å². The lowest BCUT2D eigenvalue weighted by molar-refractivity contribution is -0.143. The Morgan fingerprint density at radius 1 is 0.656 bits per heavy atom. The molecule has 156 valence electrons. The monoisotopic (exact) mass is 434 g/mol. The minimum atomic E-state index is -0.715. The summed E-state index contributed by atoms with van der Waals surface area (Å²) >= 11 is 0. The summed E-state index contributed by atoms with van der Waals surface area (Å²) < 4.78 is 0. The van der Waals surface area contributed by atoms with Crippen LogP contribution in [-0.2, 0) is 4.79 Å². The van der Waals surface area contributed by atoms with E-state index in [2.05, 4.69) is 97.1 Å². The molecule has 4 aromatic carbocycles. The molecule has 0 aliphatic heterocycles. The molecule has 0 radical (unpaired) electrons. The van der Waals surface area contributed by atoms with Gasteiger partial charge in [0.2, 0.25) is 0 Å². The number of carbonyl (C=O) groups is 1. The van der Waals surface area contributed by atoms with Crippen molar-refractivity contribution >= 4 is 29.8 Å². The van der Waals surface area contributed by atoms with Gasteiger partial charge in [-0.1, -0.05) is 97.1 Å². The molecular weight excluding hydrogens is 411 g/mol. The number of carboxylic acids is 1. The molecule has 32 heavy (non-hydrogen) atoms. The fraction of sp³-hybridized carbons (Fsp3) is 0.138. The zero-order valence-corrected chi connectivity index (χ0v) is 18.5. The molecule has 1 N–H and O–H groups in total. The minimum absolute atomic E-state index is 0.0768. The highest BCUT2D eigenvalue weighted by atomic mass is 31.1. The molecule has 2 nitrogen and oxygen atoms in total. The first-order chi connectivity index (χ1) is 15.7. The van der Waals surface area contributed by atoms with Crippen molar-refractivity contribution in [1.82, 2.24) is 0 Å². The zero-order chi connectivity index (χ0) is 21.7. The Morgan fingerprint density at radius 3 is 1.84 bits per heavy atom. The van der Waals surface area contributed by atoms with Gasteiger partial charge >= 0.3 is 5.97 Å². The lowest BCUT2D eigenvalue weighted by Gasteiger charge is -2.44. The average Bonchev–Trinajstić information content (AvgIpc) is 2.85. The van der Waals surface area contributed by atoms with E-state index in [0.29, 0.717) is 6.42 Å². The molecule has 3 aliphatic carbocycles.